The normalized spacial score (nSPS) is 12.0. The van der Waals surface area contributed by atoms with Crippen molar-refractivity contribution in [3.63, 3.8) is 0 Å². The van der Waals surface area contributed by atoms with Crippen LogP contribution in [-0.2, 0) is 22.8 Å². The van der Waals surface area contributed by atoms with Crippen LogP contribution in [0.5, 0.6) is 0 Å². The molecule has 0 aliphatic carbocycles. The smallest absolute Gasteiger partial charge is 0.217 e. The Morgan fingerprint density at radius 1 is 1.35 bits per heavy atom. The van der Waals surface area contributed by atoms with Gasteiger partial charge in [0.05, 0.1) is 0 Å². The van der Waals surface area contributed by atoms with Crippen molar-refractivity contribution in [2.24, 2.45) is 7.05 Å². The van der Waals surface area contributed by atoms with Gasteiger partial charge in [0.25, 0.3) is 0 Å². The van der Waals surface area contributed by atoms with Crippen molar-refractivity contribution in [3.8, 4) is 0 Å². The zero-order valence-corrected chi connectivity index (χ0v) is 14.0. The summed E-state index contributed by atoms with van der Waals surface area (Å²) in [7, 11) is -1.64. The van der Waals surface area contributed by atoms with Gasteiger partial charge >= 0.3 is 0 Å². The summed E-state index contributed by atoms with van der Waals surface area (Å²) in [5.41, 5.74) is 0.990. The van der Waals surface area contributed by atoms with Crippen LogP contribution in [0.1, 0.15) is 5.69 Å². The zero-order chi connectivity index (χ0) is 16.3. The highest BCUT2D eigenvalue weighted by molar-refractivity contribution is 7.99. The van der Waals surface area contributed by atoms with E-state index in [1.807, 2.05) is 19.2 Å². The van der Waals surface area contributed by atoms with E-state index in [1.165, 1.54) is 11.8 Å². The van der Waals surface area contributed by atoms with E-state index in [1.54, 1.807) is 23.0 Å². The van der Waals surface area contributed by atoms with E-state index < -0.39 is 10.0 Å². The molecule has 0 fully saturated rings. The fraction of sp³-hybridized carbons (Fsp3) is 0.308. The summed E-state index contributed by atoms with van der Waals surface area (Å²) in [6.45, 7) is 0.301. The molecule has 3 aromatic rings. The fourth-order valence-corrected chi connectivity index (χ4v) is 3.97. The minimum absolute atomic E-state index is 0.210. The third-order valence-corrected chi connectivity index (χ3v) is 5.44. The summed E-state index contributed by atoms with van der Waals surface area (Å²) in [6.07, 6.45) is 1.60. The van der Waals surface area contributed by atoms with Crippen molar-refractivity contribution >= 4 is 32.8 Å². The van der Waals surface area contributed by atoms with Crippen LogP contribution < -0.4 is 4.72 Å². The molecule has 122 valence electrons. The lowest BCUT2D eigenvalue weighted by Crippen LogP contribution is -2.27. The number of rotatable bonds is 7. The first-order chi connectivity index (χ1) is 11.1. The maximum Gasteiger partial charge on any atom is 0.217 e. The van der Waals surface area contributed by atoms with E-state index in [2.05, 4.69) is 20.1 Å². The van der Waals surface area contributed by atoms with Gasteiger partial charge in [-0.25, -0.2) is 13.1 Å². The summed E-state index contributed by atoms with van der Waals surface area (Å²) in [5, 5.41) is 13.0. The number of thioether (sulfide) groups is 1. The molecule has 1 aromatic carbocycles. The summed E-state index contributed by atoms with van der Waals surface area (Å²) in [5.74, 6) is 0.351. The largest absolute Gasteiger partial charge is 0.356 e. The van der Waals surface area contributed by atoms with Gasteiger partial charge in [0.2, 0.25) is 10.0 Å². The van der Waals surface area contributed by atoms with E-state index >= 15 is 0 Å². The molecule has 0 aliphatic rings. The topological polar surface area (TPSA) is 103 Å². The lowest BCUT2D eigenvalue weighted by molar-refractivity contribution is 0.448. The number of aromatic nitrogens is 4. The Morgan fingerprint density at radius 3 is 2.96 bits per heavy atom. The van der Waals surface area contributed by atoms with Gasteiger partial charge in [-0.05, 0) is 12.1 Å². The Morgan fingerprint density at radius 2 is 2.17 bits per heavy atom. The summed E-state index contributed by atoms with van der Waals surface area (Å²) in [6, 6.07) is 7.18. The summed E-state index contributed by atoms with van der Waals surface area (Å²) in [4.78, 5) is 0. The number of hydrogen-bond donors (Lipinski definition) is 1. The first-order valence-corrected chi connectivity index (χ1v) is 9.46. The van der Waals surface area contributed by atoms with Crippen LogP contribution in [0.3, 0.4) is 0 Å². The molecule has 23 heavy (non-hydrogen) atoms. The second-order valence-corrected chi connectivity index (χ2v) is 7.72. The molecule has 2 aromatic heterocycles. The number of sulfonamides is 1. The number of para-hydroxylation sites is 1. The lowest BCUT2D eigenvalue weighted by Gasteiger charge is -2.05. The molecule has 0 bridgehead atoms. The predicted octanol–water partition coefficient (Wildman–Crippen LogP) is 1.17. The van der Waals surface area contributed by atoms with Crippen molar-refractivity contribution in [1.29, 1.82) is 0 Å². The lowest BCUT2D eigenvalue weighted by atomic mass is 10.2. The zero-order valence-electron chi connectivity index (χ0n) is 12.3. The minimum atomic E-state index is -3.48. The van der Waals surface area contributed by atoms with E-state index in [9.17, 15) is 8.42 Å². The van der Waals surface area contributed by atoms with E-state index in [4.69, 9.17) is 4.52 Å². The van der Waals surface area contributed by atoms with Gasteiger partial charge in [0.15, 0.2) is 10.7 Å². The van der Waals surface area contributed by atoms with Crippen molar-refractivity contribution in [1.82, 2.24) is 24.6 Å². The van der Waals surface area contributed by atoms with E-state index in [-0.39, 0.29) is 5.75 Å². The maximum atomic E-state index is 12.1. The third-order valence-electron chi connectivity index (χ3n) is 3.10. The molecule has 0 atom stereocenters. The van der Waals surface area contributed by atoms with Crippen molar-refractivity contribution in [2.75, 3.05) is 12.3 Å². The molecular formula is C13H15N5O3S2. The standard InChI is InChI=1S/C13H15N5O3S2/c1-18-9-14-16-13(18)22-7-6-15-23(19,20)8-11-10-4-2-3-5-12(10)21-17-11/h2-5,9,15H,6-8H2,1H3. The Bertz CT molecular complexity index is 903. The van der Waals surface area contributed by atoms with E-state index in [0.717, 1.165) is 5.16 Å². The van der Waals surface area contributed by atoms with Gasteiger partial charge in [-0.3, -0.25) is 0 Å². The quantitative estimate of drug-likeness (QED) is 0.502. The average molecular weight is 353 g/mol. The highest BCUT2D eigenvalue weighted by Crippen LogP contribution is 2.19. The molecule has 0 radical (unpaired) electrons. The number of hydrogen-bond acceptors (Lipinski definition) is 7. The van der Waals surface area contributed by atoms with Crippen molar-refractivity contribution in [3.05, 3.63) is 36.3 Å². The molecule has 3 rings (SSSR count). The first kappa shape index (κ1) is 16.0. The number of fused-ring (bicyclic) bond motifs is 1. The monoisotopic (exact) mass is 353 g/mol. The number of nitrogens with zero attached hydrogens (tertiary/aromatic N) is 4. The average Bonchev–Trinajstić information content (AvgIpc) is 3.11. The van der Waals surface area contributed by atoms with Crippen LogP contribution in [0, 0.1) is 0 Å². The summed E-state index contributed by atoms with van der Waals surface area (Å²) >= 11 is 1.43. The van der Waals surface area contributed by atoms with Crippen molar-refractivity contribution in [2.45, 2.75) is 10.9 Å². The van der Waals surface area contributed by atoms with Gasteiger partial charge in [-0.2, -0.15) is 0 Å². The first-order valence-electron chi connectivity index (χ1n) is 6.82. The summed E-state index contributed by atoms with van der Waals surface area (Å²) < 4.78 is 33.7. The Hall–Kier alpha value is -1.91. The minimum Gasteiger partial charge on any atom is -0.356 e. The molecule has 0 saturated carbocycles. The molecule has 0 saturated heterocycles. The Balaban J connectivity index is 1.56. The Kier molecular flexibility index (Phi) is 4.64. The molecule has 1 N–H and O–H groups in total. The molecule has 0 aliphatic heterocycles. The van der Waals surface area contributed by atoms with Crippen LogP contribution in [0.4, 0.5) is 0 Å². The molecule has 10 heteroatoms. The second-order valence-electron chi connectivity index (χ2n) is 4.85. The van der Waals surface area contributed by atoms with Crippen LogP contribution >= 0.6 is 11.8 Å². The van der Waals surface area contributed by atoms with Crippen LogP contribution in [0.25, 0.3) is 11.0 Å². The van der Waals surface area contributed by atoms with Gasteiger partial charge in [-0.1, -0.05) is 29.1 Å². The highest BCUT2D eigenvalue weighted by atomic mass is 32.2. The Labute approximate surface area is 137 Å². The fourth-order valence-electron chi connectivity index (χ4n) is 2.02. The van der Waals surface area contributed by atoms with Crippen LogP contribution in [0.15, 0.2) is 40.3 Å². The molecule has 0 spiro atoms. The van der Waals surface area contributed by atoms with Gasteiger partial charge < -0.3 is 9.09 Å². The number of benzene rings is 1. The van der Waals surface area contributed by atoms with Crippen LogP contribution in [0.2, 0.25) is 0 Å². The SMILES string of the molecule is Cn1cnnc1SCCNS(=O)(=O)Cc1noc2ccccc12. The van der Waals surface area contributed by atoms with E-state index in [0.29, 0.717) is 29.0 Å². The number of aryl methyl sites for hydroxylation is 1. The van der Waals surface area contributed by atoms with Gasteiger partial charge in [0.1, 0.15) is 17.8 Å². The molecule has 0 unspecified atom stereocenters. The predicted molar refractivity (Wildman–Crippen MR) is 86.4 cm³/mol. The number of nitrogens with one attached hydrogen (secondary N) is 1. The van der Waals surface area contributed by atoms with Crippen LogP contribution in [-0.4, -0.2) is 40.6 Å². The molecule has 8 nitrogen and oxygen atoms in total. The molecular weight excluding hydrogens is 338 g/mol. The molecule has 0 amide bonds. The third kappa shape index (κ3) is 3.89. The highest BCUT2D eigenvalue weighted by Gasteiger charge is 2.17. The maximum absolute atomic E-state index is 12.1. The molecule has 2 heterocycles. The second kappa shape index (κ2) is 6.69. The van der Waals surface area contributed by atoms with Gasteiger partial charge in [-0.15, -0.1) is 10.2 Å². The van der Waals surface area contributed by atoms with Gasteiger partial charge in [0, 0.05) is 24.7 Å². The van der Waals surface area contributed by atoms with Crippen molar-refractivity contribution < 1.29 is 12.9 Å².